The van der Waals surface area contributed by atoms with Gasteiger partial charge in [0.25, 0.3) is 0 Å². The van der Waals surface area contributed by atoms with Crippen molar-refractivity contribution in [1.29, 1.82) is 0 Å². The number of carboxylic acid groups (broad SMARTS) is 3. The summed E-state index contributed by atoms with van der Waals surface area (Å²) in [6.45, 7) is 1.33. The first-order valence-electron chi connectivity index (χ1n) is 17.4. The molecule has 9 nitrogen and oxygen atoms in total. The number of carbonyl (C=O) groups excluding carboxylic acids is 1. The third-order valence-corrected chi connectivity index (χ3v) is 7.73. The number of carboxylic acids is 3. The molecule has 0 aliphatic carbocycles. The molecule has 0 unspecified atom stereocenters. The largest absolute Gasteiger partial charge is 0.480 e. The molecule has 0 radical (unpaired) electrons. The molecule has 45 heavy (non-hydrogen) atoms. The zero-order valence-electron chi connectivity index (χ0n) is 27.9. The Kier molecular flexibility index (Phi) is 28.9. The van der Waals surface area contributed by atoms with E-state index in [1.54, 1.807) is 0 Å². The number of amides is 1. The van der Waals surface area contributed by atoms with Gasteiger partial charge in [-0.1, -0.05) is 109 Å². The molecule has 4 N–H and O–H groups in total. The maximum atomic E-state index is 12.0. The van der Waals surface area contributed by atoms with E-state index in [0.717, 1.165) is 56.3 Å². The van der Waals surface area contributed by atoms with Crippen molar-refractivity contribution in [3.8, 4) is 23.7 Å². The predicted octanol–water partition coefficient (Wildman–Crippen LogP) is 7.03. The molecule has 0 aromatic rings. The number of unbranched alkanes of at least 4 members (excludes halogenated alkanes) is 18. The lowest BCUT2D eigenvalue weighted by atomic mass is 10.1. The second-order valence-corrected chi connectivity index (χ2v) is 11.9. The Bertz CT molecular complexity index is 913. The van der Waals surface area contributed by atoms with Gasteiger partial charge in [-0.15, -0.1) is 0 Å². The van der Waals surface area contributed by atoms with Gasteiger partial charge in [0.2, 0.25) is 5.91 Å². The highest BCUT2D eigenvalue weighted by Crippen LogP contribution is 2.12. The van der Waals surface area contributed by atoms with Crippen molar-refractivity contribution in [3.63, 3.8) is 0 Å². The maximum absolute atomic E-state index is 12.0. The average Bonchev–Trinajstić information content (AvgIpc) is 2.98. The summed E-state index contributed by atoms with van der Waals surface area (Å²) in [5.74, 6) is 8.45. The van der Waals surface area contributed by atoms with Crippen LogP contribution in [0.5, 0.6) is 0 Å². The molecule has 0 saturated heterocycles. The lowest BCUT2D eigenvalue weighted by Crippen LogP contribution is -2.46. The van der Waals surface area contributed by atoms with Crippen LogP contribution >= 0.6 is 0 Å². The van der Waals surface area contributed by atoms with E-state index >= 15 is 0 Å². The molecule has 0 rings (SSSR count). The van der Waals surface area contributed by atoms with E-state index in [1.165, 1.54) is 70.6 Å². The minimum atomic E-state index is -1.29. The van der Waals surface area contributed by atoms with Gasteiger partial charge in [-0.05, 0) is 50.4 Å². The summed E-state index contributed by atoms with van der Waals surface area (Å²) in [6.07, 6.45) is 24.3. The van der Waals surface area contributed by atoms with Crippen molar-refractivity contribution < 1.29 is 34.5 Å². The van der Waals surface area contributed by atoms with E-state index in [1.807, 2.05) is 0 Å². The first-order chi connectivity index (χ1) is 21.8. The number of rotatable bonds is 30. The van der Waals surface area contributed by atoms with Crippen LogP contribution in [0.3, 0.4) is 0 Å². The maximum Gasteiger partial charge on any atom is 0.320 e. The van der Waals surface area contributed by atoms with Crippen LogP contribution in [0.4, 0.5) is 0 Å². The van der Waals surface area contributed by atoms with Gasteiger partial charge < -0.3 is 20.6 Å². The second-order valence-electron chi connectivity index (χ2n) is 11.9. The standard InChI is InChI=1S/C36H60N2O7/c1-2-3-4-5-6-7-8-9-10-11-12-13-14-15-16-17-18-19-20-21-22-23-24-28-33(39)37-29-26-25-27-32(36(44)45)38(30-34(40)41)31-35(42)43/h32H,2-12,17-31H2,1H3,(H,37,39)(H,40,41)(H,42,43)(H,44,45)/t32-/m0/s1. The number of nitrogens with one attached hydrogen (secondary N) is 1. The quantitative estimate of drug-likeness (QED) is 0.0488. The molecule has 0 aromatic carbocycles. The van der Waals surface area contributed by atoms with Crippen molar-refractivity contribution in [2.45, 2.75) is 161 Å². The van der Waals surface area contributed by atoms with Gasteiger partial charge in [0, 0.05) is 25.8 Å². The summed E-state index contributed by atoms with van der Waals surface area (Å²) < 4.78 is 0. The minimum absolute atomic E-state index is 0.0339. The van der Waals surface area contributed by atoms with Crippen LogP contribution in [0, 0.1) is 23.7 Å². The number of nitrogens with zero attached hydrogens (tertiary/aromatic N) is 1. The molecule has 0 bridgehead atoms. The molecule has 0 saturated carbocycles. The van der Waals surface area contributed by atoms with Crippen molar-refractivity contribution >= 4 is 23.8 Å². The number of hydrogen-bond donors (Lipinski definition) is 4. The van der Waals surface area contributed by atoms with E-state index in [9.17, 15) is 24.3 Å². The smallest absolute Gasteiger partial charge is 0.320 e. The molecule has 256 valence electrons. The second kappa shape index (κ2) is 31.0. The van der Waals surface area contributed by atoms with Crippen molar-refractivity contribution in [2.24, 2.45) is 0 Å². The first kappa shape index (κ1) is 42.0. The summed E-state index contributed by atoms with van der Waals surface area (Å²) in [4.78, 5) is 46.5. The van der Waals surface area contributed by atoms with Crippen LogP contribution in [0.15, 0.2) is 0 Å². The fraction of sp³-hybridized carbons (Fsp3) is 0.778. The topological polar surface area (TPSA) is 144 Å². The SMILES string of the molecule is CCCCCCCCCCCCC#CC#CCCCCCCCCCC(=O)NCCCC[C@@H](C(=O)O)N(CC(=O)O)CC(=O)O. The minimum Gasteiger partial charge on any atom is -0.480 e. The van der Waals surface area contributed by atoms with Crippen LogP contribution in [-0.4, -0.2) is 69.7 Å². The normalized spacial score (nSPS) is 11.2. The summed E-state index contributed by atoms with van der Waals surface area (Å²) in [7, 11) is 0. The van der Waals surface area contributed by atoms with Crippen LogP contribution in [0.2, 0.25) is 0 Å². The Balaban J connectivity index is 3.67. The molecular formula is C36H60N2O7. The lowest BCUT2D eigenvalue weighted by molar-refractivity contribution is -0.149. The highest BCUT2D eigenvalue weighted by atomic mass is 16.4. The summed E-state index contributed by atoms with van der Waals surface area (Å²) in [5.41, 5.74) is 0. The van der Waals surface area contributed by atoms with Crippen molar-refractivity contribution in [3.05, 3.63) is 0 Å². The van der Waals surface area contributed by atoms with Crippen LogP contribution in [0.1, 0.15) is 155 Å². The van der Waals surface area contributed by atoms with Gasteiger partial charge in [0.1, 0.15) is 6.04 Å². The van der Waals surface area contributed by atoms with Crippen molar-refractivity contribution in [1.82, 2.24) is 10.2 Å². The summed E-state index contributed by atoms with van der Waals surface area (Å²) >= 11 is 0. The molecule has 0 aromatic heterocycles. The Morgan fingerprint density at radius 2 is 1.04 bits per heavy atom. The monoisotopic (exact) mass is 632 g/mol. The zero-order chi connectivity index (χ0) is 33.4. The third-order valence-electron chi connectivity index (χ3n) is 7.73. The Morgan fingerprint density at radius 3 is 1.49 bits per heavy atom. The highest BCUT2D eigenvalue weighted by molar-refractivity contribution is 5.78. The summed E-state index contributed by atoms with van der Waals surface area (Å²) in [6, 6.07) is -1.20. The Labute approximate surface area is 272 Å². The molecule has 0 aliphatic heterocycles. The predicted molar refractivity (Wildman–Crippen MR) is 179 cm³/mol. The average molecular weight is 633 g/mol. The lowest BCUT2D eigenvalue weighted by Gasteiger charge is -2.25. The van der Waals surface area contributed by atoms with Gasteiger partial charge in [-0.2, -0.15) is 0 Å². The Morgan fingerprint density at radius 1 is 0.600 bits per heavy atom. The summed E-state index contributed by atoms with van der Waals surface area (Å²) in [5, 5.41) is 30.2. The zero-order valence-corrected chi connectivity index (χ0v) is 27.9. The number of carbonyl (C=O) groups is 4. The Hall–Kier alpha value is -3.04. The van der Waals surface area contributed by atoms with Crippen LogP contribution < -0.4 is 5.32 Å². The van der Waals surface area contributed by atoms with E-state index in [4.69, 9.17) is 10.2 Å². The van der Waals surface area contributed by atoms with Gasteiger partial charge in [0.15, 0.2) is 0 Å². The van der Waals surface area contributed by atoms with Gasteiger partial charge in [-0.25, -0.2) is 0 Å². The fourth-order valence-electron chi connectivity index (χ4n) is 5.16. The van der Waals surface area contributed by atoms with E-state index in [-0.39, 0.29) is 12.3 Å². The van der Waals surface area contributed by atoms with E-state index in [0.29, 0.717) is 25.8 Å². The molecule has 1 atom stereocenters. The molecule has 0 fully saturated rings. The molecule has 0 heterocycles. The van der Waals surface area contributed by atoms with Crippen LogP contribution in [0.25, 0.3) is 0 Å². The molecule has 1 amide bonds. The number of hydrogen-bond acceptors (Lipinski definition) is 5. The van der Waals surface area contributed by atoms with Crippen molar-refractivity contribution in [2.75, 3.05) is 19.6 Å². The molecule has 0 aliphatic rings. The number of aliphatic carboxylic acids is 3. The fourth-order valence-corrected chi connectivity index (χ4v) is 5.16. The highest BCUT2D eigenvalue weighted by Gasteiger charge is 2.28. The van der Waals surface area contributed by atoms with Gasteiger partial charge >= 0.3 is 17.9 Å². The van der Waals surface area contributed by atoms with Gasteiger partial charge in [0.05, 0.1) is 13.1 Å². The van der Waals surface area contributed by atoms with Gasteiger partial charge in [-0.3, -0.25) is 24.1 Å². The van der Waals surface area contributed by atoms with E-state index < -0.39 is 37.0 Å². The molecule has 0 spiro atoms. The first-order valence-corrected chi connectivity index (χ1v) is 17.4. The van der Waals surface area contributed by atoms with Crippen LogP contribution in [-0.2, 0) is 19.2 Å². The third kappa shape index (κ3) is 29.4. The molecule has 9 heteroatoms. The molecular weight excluding hydrogens is 572 g/mol. The van der Waals surface area contributed by atoms with E-state index in [2.05, 4.69) is 35.9 Å².